The molecule has 1 atom stereocenters. The van der Waals surface area contributed by atoms with Crippen LogP contribution in [0.25, 0.3) is 0 Å². The van der Waals surface area contributed by atoms with Crippen LogP contribution in [0.5, 0.6) is 5.75 Å². The zero-order valence-electron chi connectivity index (χ0n) is 11.3. The van der Waals surface area contributed by atoms with Gasteiger partial charge in [0.2, 0.25) is 0 Å². The van der Waals surface area contributed by atoms with Gasteiger partial charge in [0, 0.05) is 6.07 Å². The highest BCUT2D eigenvalue weighted by Gasteiger charge is 2.23. The number of benzene rings is 1. The molecule has 0 bridgehead atoms. The molecule has 0 aromatic heterocycles. The van der Waals surface area contributed by atoms with Crippen molar-refractivity contribution in [2.75, 3.05) is 19.8 Å². The van der Waals surface area contributed by atoms with Crippen LogP contribution in [0.4, 0.5) is 4.39 Å². The summed E-state index contributed by atoms with van der Waals surface area (Å²) < 4.78 is 18.9. The number of halogens is 1. The third-order valence-electron chi connectivity index (χ3n) is 2.85. The molecular formula is C14H22FNO2. The molecule has 0 saturated heterocycles. The molecule has 4 heteroatoms. The van der Waals surface area contributed by atoms with Crippen molar-refractivity contribution < 1.29 is 14.2 Å². The first-order chi connectivity index (χ1) is 8.50. The largest absolute Gasteiger partial charge is 0.491 e. The normalized spacial score (nSPS) is 14.3. The smallest absolute Gasteiger partial charge is 0.129 e. The number of rotatable bonds is 7. The average molecular weight is 255 g/mol. The van der Waals surface area contributed by atoms with E-state index in [1.54, 1.807) is 19.1 Å². The Bertz CT molecular complexity index is 384. The third-order valence-corrected chi connectivity index (χ3v) is 2.85. The van der Waals surface area contributed by atoms with E-state index in [-0.39, 0.29) is 12.4 Å². The van der Waals surface area contributed by atoms with E-state index in [1.165, 1.54) is 6.07 Å². The Kier molecular flexibility index (Phi) is 5.56. The lowest BCUT2D eigenvalue weighted by Crippen LogP contribution is -2.50. The number of hydrogen-bond acceptors (Lipinski definition) is 3. The lowest BCUT2D eigenvalue weighted by atomic mass is 10.1. The SMILES string of the molecule is CCCNC(C)(CO)COc1ccc(C)c(F)c1. The third kappa shape index (κ3) is 4.27. The Labute approximate surface area is 108 Å². The summed E-state index contributed by atoms with van der Waals surface area (Å²) in [6.07, 6.45) is 0.981. The van der Waals surface area contributed by atoms with E-state index in [9.17, 15) is 9.50 Å². The van der Waals surface area contributed by atoms with Gasteiger partial charge in [-0.1, -0.05) is 13.0 Å². The minimum atomic E-state index is -0.503. The molecule has 1 aromatic carbocycles. The second-order valence-corrected chi connectivity index (χ2v) is 4.85. The summed E-state index contributed by atoms with van der Waals surface area (Å²) in [6, 6.07) is 4.78. The summed E-state index contributed by atoms with van der Waals surface area (Å²) in [5.41, 5.74) is 0.0913. The fourth-order valence-corrected chi connectivity index (χ4v) is 1.49. The van der Waals surface area contributed by atoms with Crippen LogP contribution in [-0.2, 0) is 0 Å². The number of nitrogens with one attached hydrogen (secondary N) is 1. The Morgan fingerprint density at radius 1 is 1.44 bits per heavy atom. The second-order valence-electron chi connectivity index (χ2n) is 4.85. The second kappa shape index (κ2) is 6.71. The average Bonchev–Trinajstić information content (AvgIpc) is 2.38. The molecule has 0 aliphatic carbocycles. The van der Waals surface area contributed by atoms with Crippen molar-refractivity contribution in [2.24, 2.45) is 0 Å². The van der Waals surface area contributed by atoms with E-state index in [2.05, 4.69) is 12.2 Å². The van der Waals surface area contributed by atoms with Gasteiger partial charge in [-0.25, -0.2) is 4.39 Å². The van der Waals surface area contributed by atoms with E-state index >= 15 is 0 Å². The molecule has 0 aliphatic rings. The van der Waals surface area contributed by atoms with Crippen molar-refractivity contribution in [3.63, 3.8) is 0 Å². The summed E-state index contributed by atoms with van der Waals surface area (Å²) in [5, 5.41) is 12.6. The topological polar surface area (TPSA) is 41.5 Å². The maximum atomic E-state index is 13.3. The molecular weight excluding hydrogens is 233 g/mol. The van der Waals surface area contributed by atoms with Crippen molar-refractivity contribution in [1.29, 1.82) is 0 Å². The van der Waals surface area contributed by atoms with Crippen LogP contribution in [0.15, 0.2) is 18.2 Å². The zero-order valence-corrected chi connectivity index (χ0v) is 11.3. The number of aliphatic hydroxyl groups is 1. The van der Waals surface area contributed by atoms with Gasteiger partial charge in [-0.2, -0.15) is 0 Å². The first-order valence-electron chi connectivity index (χ1n) is 6.25. The Morgan fingerprint density at radius 3 is 2.72 bits per heavy atom. The predicted octanol–water partition coefficient (Wildman–Crippen LogP) is 2.26. The summed E-state index contributed by atoms with van der Waals surface area (Å²) in [5.74, 6) is 0.204. The molecule has 1 unspecified atom stereocenters. The minimum Gasteiger partial charge on any atom is -0.491 e. The molecule has 102 valence electrons. The quantitative estimate of drug-likeness (QED) is 0.785. The molecule has 0 radical (unpaired) electrons. The van der Waals surface area contributed by atoms with Crippen molar-refractivity contribution >= 4 is 0 Å². The van der Waals surface area contributed by atoms with E-state index < -0.39 is 5.54 Å². The molecule has 0 saturated carbocycles. The van der Waals surface area contributed by atoms with Crippen LogP contribution in [0.2, 0.25) is 0 Å². The molecule has 1 aromatic rings. The Hall–Kier alpha value is -1.13. The molecule has 0 amide bonds. The van der Waals surface area contributed by atoms with Gasteiger partial charge >= 0.3 is 0 Å². The number of aliphatic hydroxyl groups excluding tert-OH is 1. The minimum absolute atomic E-state index is 0.0264. The summed E-state index contributed by atoms with van der Waals surface area (Å²) in [4.78, 5) is 0. The fraction of sp³-hybridized carbons (Fsp3) is 0.571. The Morgan fingerprint density at radius 2 is 2.17 bits per heavy atom. The molecule has 3 nitrogen and oxygen atoms in total. The van der Waals surface area contributed by atoms with Gasteiger partial charge < -0.3 is 15.2 Å². The van der Waals surface area contributed by atoms with E-state index in [0.29, 0.717) is 17.9 Å². The van der Waals surface area contributed by atoms with Crippen LogP contribution < -0.4 is 10.1 Å². The van der Waals surface area contributed by atoms with Gasteiger partial charge in [-0.3, -0.25) is 0 Å². The predicted molar refractivity (Wildman–Crippen MR) is 70.4 cm³/mol. The van der Waals surface area contributed by atoms with Crippen LogP contribution >= 0.6 is 0 Å². The number of hydrogen-bond donors (Lipinski definition) is 2. The van der Waals surface area contributed by atoms with Crippen LogP contribution in [-0.4, -0.2) is 30.4 Å². The maximum Gasteiger partial charge on any atom is 0.129 e. The molecule has 0 heterocycles. The van der Waals surface area contributed by atoms with Crippen molar-refractivity contribution in [2.45, 2.75) is 32.7 Å². The fourth-order valence-electron chi connectivity index (χ4n) is 1.49. The van der Waals surface area contributed by atoms with Crippen LogP contribution in [0.1, 0.15) is 25.8 Å². The first kappa shape index (κ1) is 14.9. The zero-order chi connectivity index (χ0) is 13.6. The van der Waals surface area contributed by atoms with Gasteiger partial charge in [0.25, 0.3) is 0 Å². The molecule has 0 aliphatic heterocycles. The lowest BCUT2D eigenvalue weighted by molar-refractivity contribution is 0.116. The number of ether oxygens (including phenoxy) is 1. The Balaban J connectivity index is 2.58. The summed E-state index contributed by atoms with van der Waals surface area (Å²) in [7, 11) is 0. The summed E-state index contributed by atoms with van der Waals surface area (Å²) >= 11 is 0. The number of aryl methyl sites for hydroxylation is 1. The van der Waals surface area contributed by atoms with Gasteiger partial charge in [0.15, 0.2) is 0 Å². The highest BCUT2D eigenvalue weighted by molar-refractivity contribution is 5.28. The van der Waals surface area contributed by atoms with E-state index in [1.807, 2.05) is 6.92 Å². The lowest BCUT2D eigenvalue weighted by Gasteiger charge is -2.28. The van der Waals surface area contributed by atoms with Crippen LogP contribution in [0, 0.1) is 12.7 Å². The van der Waals surface area contributed by atoms with Gasteiger partial charge in [0.05, 0.1) is 12.1 Å². The maximum absolute atomic E-state index is 13.3. The van der Waals surface area contributed by atoms with Gasteiger partial charge in [0.1, 0.15) is 18.2 Å². The van der Waals surface area contributed by atoms with Crippen molar-refractivity contribution in [3.8, 4) is 5.75 Å². The highest BCUT2D eigenvalue weighted by Crippen LogP contribution is 2.17. The molecule has 0 spiro atoms. The summed E-state index contributed by atoms with van der Waals surface area (Å²) in [6.45, 7) is 6.73. The molecule has 2 N–H and O–H groups in total. The van der Waals surface area contributed by atoms with E-state index in [4.69, 9.17) is 4.74 Å². The monoisotopic (exact) mass is 255 g/mol. The van der Waals surface area contributed by atoms with Crippen LogP contribution in [0.3, 0.4) is 0 Å². The molecule has 0 fully saturated rings. The first-order valence-corrected chi connectivity index (χ1v) is 6.25. The van der Waals surface area contributed by atoms with Gasteiger partial charge in [-0.05, 0) is 38.4 Å². The van der Waals surface area contributed by atoms with Crippen molar-refractivity contribution in [3.05, 3.63) is 29.6 Å². The standard InChI is InChI=1S/C14H22FNO2/c1-4-7-16-14(3,9-17)10-18-12-6-5-11(2)13(15)8-12/h5-6,8,16-17H,4,7,9-10H2,1-3H3. The van der Waals surface area contributed by atoms with E-state index in [0.717, 1.165) is 13.0 Å². The highest BCUT2D eigenvalue weighted by atomic mass is 19.1. The molecule has 18 heavy (non-hydrogen) atoms. The molecule has 1 rings (SSSR count). The van der Waals surface area contributed by atoms with Crippen molar-refractivity contribution in [1.82, 2.24) is 5.32 Å². The van der Waals surface area contributed by atoms with Gasteiger partial charge in [-0.15, -0.1) is 0 Å².